The number of hydrogen-bond acceptors (Lipinski definition) is 13. The minimum Gasteiger partial charge on any atom is -0.480 e. The summed E-state index contributed by atoms with van der Waals surface area (Å²) in [5.74, 6) is -4.74. The Balaban J connectivity index is 1.68. The van der Waals surface area contributed by atoms with Crippen LogP contribution in [-0.2, 0) is 33.4 Å². The van der Waals surface area contributed by atoms with Crippen molar-refractivity contribution in [3.63, 3.8) is 0 Å². The monoisotopic (exact) mass is 581 g/mol. The SMILES string of the molecule is Nc1nc2c(ncn2[C@H]2CC(OC(=O)NCC(=O)NCC(=O)O)=C(COC(=O)NCC(=O)NCC(=O)O)O2)c(=O)[nH]1. The molecule has 0 spiro atoms. The van der Waals surface area contributed by atoms with Gasteiger partial charge in [0.15, 0.2) is 35.5 Å². The number of nitrogens with two attached hydrogens (primary N) is 1. The molecule has 21 heteroatoms. The normalized spacial score (nSPS) is 14.1. The molecule has 21 nitrogen and oxygen atoms in total. The fourth-order valence-corrected chi connectivity index (χ4v) is 3.17. The van der Waals surface area contributed by atoms with E-state index in [0.29, 0.717) is 0 Å². The third-order valence-electron chi connectivity index (χ3n) is 4.92. The number of H-pyrrole nitrogens is 1. The lowest BCUT2D eigenvalue weighted by Gasteiger charge is -2.14. The Kier molecular flexibility index (Phi) is 9.59. The van der Waals surface area contributed by atoms with Crippen LogP contribution in [0.25, 0.3) is 11.2 Å². The molecule has 0 aromatic carbocycles. The number of aliphatic carboxylic acids is 2. The van der Waals surface area contributed by atoms with E-state index >= 15 is 0 Å². The average Bonchev–Trinajstić information content (AvgIpc) is 3.50. The number of imidazole rings is 1. The molecule has 1 aliphatic rings. The number of amides is 4. The number of carboxylic acids is 2. The lowest BCUT2D eigenvalue weighted by molar-refractivity contribution is -0.138. The maximum absolute atomic E-state index is 12.3. The molecule has 0 bridgehead atoms. The number of aromatic nitrogens is 4. The van der Waals surface area contributed by atoms with Crippen molar-refractivity contribution in [2.45, 2.75) is 12.6 Å². The minimum atomic E-state index is -1.29. The number of nitrogens with zero attached hydrogens (tertiary/aromatic N) is 3. The number of carboxylic acid groups (broad SMARTS) is 2. The number of hydrogen-bond donors (Lipinski definition) is 8. The van der Waals surface area contributed by atoms with Crippen LogP contribution in [0, 0.1) is 0 Å². The molecule has 41 heavy (non-hydrogen) atoms. The number of alkyl carbamates (subject to hydrolysis) is 2. The maximum atomic E-state index is 12.3. The molecule has 0 saturated carbocycles. The first-order chi connectivity index (χ1) is 19.4. The van der Waals surface area contributed by atoms with E-state index in [1.54, 1.807) is 0 Å². The van der Waals surface area contributed by atoms with Gasteiger partial charge in [0.1, 0.15) is 32.5 Å². The molecule has 0 aliphatic carbocycles. The van der Waals surface area contributed by atoms with Gasteiger partial charge in [0.2, 0.25) is 17.8 Å². The molecular weight excluding hydrogens is 558 g/mol. The van der Waals surface area contributed by atoms with Gasteiger partial charge in [0.05, 0.1) is 6.42 Å². The van der Waals surface area contributed by atoms with E-state index in [1.165, 1.54) is 10.9 Å². The van der Waals surface area contributed by atoms with Crippen LogP contribution in [0.5, 0.6) is 0 Å². The van der Waals surface area contributed by atoms with E-state index < -0.39 is 80.5 Å². The Morgan fingerprint density at radius 2 is 1.61 bits per heavy atom. The number of carbonyl (C=O) groups excluding carboxylic acids is 4. The standard InChI is InChI=1S/C20H23N9O12/c21-18-27-16-15(17(36)28-18)26-7-29(16)12-1-8(41-20(38)25-3-11(31)23-5-14(34)35)9(40-12)6-39-19(37)24-2-10(30)22-4-13(32)33/h7,12H,1-6H2,(H,22,30)(H,23,31)(H,24,37)(H,25,38)(H,32,33)(H,34,35)(H3,21,27,28,36)/t12-/m1/s1. The van der Waals surface area contributed by atoms with Crippen LogP contribution in [-0.4, -0.2) is 98.5 Å². The predicted molar refractivity (Wildman–Crippen MR) is 129 cm³/mol. The highest BCUT2D eigenvalue weighted by Gasteiger charge is 2.32. The van der Waals surface area contributed by atoms with Crippen LogP contribution in [0.3, 0.4) is 0 Å². The average molecular weight is 581 g/mol. The fraction of sp³-hybridized carbons (Fsp3) is 0.350. The second kappa shape index (κ2) is 13.3. The van der Waals surface area contributed by atoms with Crippen molar-refractivity contribution in [1.82, 2.24) is 40.8 Å². The van der Waals surface area contributed by atoms with Crippen molar-refractivity contribution < 1.29 is 53.2 Å². The molecular formula is C20H23N9O12. The number of ether oxygens (including phenoxy) is 3. The molecule has 3 rings (SSSR count). The van der Waals surface area contributed by atoms with Gasteiger partial charge in [0, 0.05) is 0 Å². The van der Waals surface area contributed by atoms with Crippen molar-refractivity contribution in [1.29, 1.82) is 0 Å². The van der Waals surface area contributed by atoms with Gasteiger partial charge in [-0.1, -0.05) is 0 Å². The molecule has 9 N–H and O–H groups in total. The molecule has 220 valence electrons. The Hall–Kier alpha value is -5.89. The summed E-state index contributed by atoms with van der Waals surface area (Å²) in [6.07, 6.45) is -2.23. The summed E-state index contributed by atoms with van der Waals surface area (Å²) in [7, 11) is 0. The number of fused-ring (bicyclic) bond motifs is 1. The van der Waals surface area contributed by atoms with E-state index in [4.69, 9.17) is 30.2 Å². The van der Waals surface area contributed by atoms with Gasteiger partial charge in [-0.05, 0) is 0 Å². The number of aromatic amines is 1. The molecule has 0 fully saturated rings. The molecule has 4 amide bonds. The zero-order chi connectivity index (χ0) is 30.1. The highest BCUT2D eigenvalue weighted by atomic mass is 16.6. The highest BCUT2D eigenvalue weighted by Crippen LogP contribution is 2.34. The van der Waals surface area contributed by atoms with Crippen molar-refractivity contribution in [3.8, 4) is 0 Å². The van der Waals surface area contributed by atoms with Gasteiger partial charge in [0.25, 0.3) is 5.56 Å². The second-order valence-electron chi connectivity index (χ2n) is 7.91. The van der Waals surface area contributed by atoms with Crippen molar-refractivity contribution >= 4 is 53.1 Å². The first kappa shape index (κ1) is 29.7. The zero-order valence-corrected chi connectivity index (χ0v) is 20.8. The summed E-state index contributed by atoms with van der Waals surface area (Å²) < 4.78 is 17.2. The molecule has 1 atom stereocenters. The molecule has 1 aliphatic heterocycles. The van der Waals surface area contributed by atoms with Crippen molar-refractivity contribution in [3.05, 3.63) is 28.2 Å². The van der Waals surface area contributed by atoms with E-state index in [2.05, 4.69) is 25.6 Å². The van der Waals surface area contributed by atoms with Gasteiger partial charge < -0.3 is 51.4 Å². The third kappa shape index (κ3) is 8.56. The Labute approximate surface area is 227 Å². The van der Waals surface area contributed by atoms with Gasteiger partial charge in [-0.2, -0.15) is 4.98 Å². The highest BCUT2D eigenvalue weighted by molar-refractivity contribution is 5.85. The second-order valence-corrected chi connectivity index (χ2v) is 7.91. The van der Waals surface area contributed by atoms with Crippen molar-refractivity contribution in [2.24, 2.45) is 0 Å². The summed E-state index contributed by atoms with van der Waals surface area (Å²) >= 11 is 0. The first-order valence-electron chi connectivity index (χ1n) is 11.4. The maximum Gasteiger partial charge on any atom is 0.412 e. The quantitative estimate of drug-likeness (QED) is 0.122. The Morgan fingerprint density at radius 3 is 2.22 bits per heavy atom. The molecule has 3 heterocycles. The van der Waals surface area contributed by atoms with Crippen LogP contribution in [0.2, 0.25) is 0 Å². The third-order valence-corrected chi connectivity index (χ3v) is 4.92. The van der Waals surface area contributed by atoms with Gasteiger partial charge >= 0.3 is 24.1 Å². The van der Waals surface area contributed by atoms with E-state index in [9.17, 15) is 33.6 Å². The van der Waals surface area contributed by atoms with E-state index in [0.717, 1.165) is 0 Å². The summed E-state index contributed by atoms with van der Waals surface area (Å²) in [6, 6.07) is 0. The zero-order valence-electron chi connectivity index (χ0n) is 20.8. The number of carbonyl (C=O) groups is 6. The van der Waals surface area contributed by atoms with Gasteiger partial charge in [-0.3, -0.25) is 33.5 Å². The van der Waals surface area contributed by atoms with Crippen LogP contribution in [0.4, 0.5) is 15.5 Å². The number of rotatable bonds is 12. The molecule has 2 aromatic rings. The molecule has 0 saturated heterocycles. The largest absolute Gasteiger partial charge is 0.480 e. The van der Waals surface area contributed by atoms with Crippen LogP contribution in [0.1, 0.15) is 12.6 Å². The summed E-state index contributed by atoms with van der Waals surface area (Å²) in [5, 5.41) is 25.4. The number of anilines is 1. The summed E-state index contributed by atoms with van der Waals surface area (Å²) in [4.78, 5) is 90.9. The van der Waals surface area contributed by atoms with Gasteiger partial charge in [-0.25, -0.2) is 14.6 Å². The summed E-state index contributed by atoms with van der Waals surface area (Å²) in [6.45, 7) is -3.17. The topological polar surface area (TPSA) is 308 Å². The minimum absolute atomic E-state index is 0.0300. The Morgan fingerprint density at radius 1 is 1.00 bits per heavy atom. The van der Waals surface area contributed by atoms with Crippen LogP contribution >= 0.6 is 0 Å². The van der Waals surface area contributed by atoms with E-state index in [1.807, 2.05) is 10.6 Å². The molecule has 0 unspecified atom stereocenters. The smallest absolute Gasteiger partial charge is 0.412 e. The fourth-order valence-electron chi connectivity index (χ4n) is 3.17. The molecule has 0 radical (unpaired) electrons. The summed E-state index contributed by atoms with van der Waals surface area (Å²) in [5.41, 5.74) is 4.95. The van der Waals surface area contributed by atoms with Crippen LogP contribution < -0.4 is 32.6 Å². The number of nitrogens with one attached hydrogen (secondary N) is 5. The van der Waals surface area contributed by atoms with Crippen molar-refractivity contribution in [2.75, 3.05) is 38.5 Å². The predicted octanol–water partition coefficient (Wildman–Crippen LogP) is -3.31. The first-order valence-corrected chi connectivity index (χ1v) is 11.4. The van der Waals surface area contributed by atoms with E-state index in [-0.39, 0.29) is 35.1 Å². The molecule has 2 aromatic heterocycles. The lowest BCUT2D eigenvalue weighted by Crippen LogP contribution is -2.39. The van der Waals surface area contributed by atoms with Crippen LogP contribution in [0.15, 0.2) is 22.6 Å². The Bertz CT molecular complexity index is 1460. The lowest BCUT2D eigenvalue weighted by atomic mass is 10.3. The van der Waals surface area contributed by atoms with Gasteiger partial charge in [-0.15, -0.1) is 0 Å². The number of nitrogen functional groups attached to an aromatic ring is 1.